The first-order valence-corrected chi connectivity index (χ1v) is 3.72. The predicted molar refractivity (Wildman–Crippen MR) is 35.4 cm³/mol. The van der Waals surface area contributed by atoms with E-state index in [1.165, 1.54) is 0 Å². The van der Waals surface area contributed by atoms with Crippen LogP contribution in [-0.2, 0) is 0 Å². The molecule has 0 aromatic heterocycles. The molecule has 0 saturated heterocycles. The molecule has 0 amide bonds. The summed E-state index contributed by atoms with van der Waals surface area (Å²) in [4.78, 5) is -0.164. The van der Waals surface area contributed by atoms with Crippen molar-refractivity contribution >= 4 is 15.9 Å². The van der Waals surface area contributed by atoms with Gasteiger partial charge in [-0.2, -0.15) is 0 Å². The molecule has 1 rings (SSSR count). The summed E-state index contributed by atoms with van der Waals surface area (Å²) in [6.07, 6.45) is -2.15. The number of hydrogen-bond acceptors (Lipinski definition) is 3. The maximum Gasteiger partial charge on any atom is 0.107 e. The summed E-state index contributed by atoms with van der Waals surface area (Å²) in [5.41, 5.74) is 0. The van der Waals surface area contributed by atoms with Crippen LogP contribution >= 0.6 is 15.9 Å². The summed E-state index contributed by atoms with van der Waals surface area (Å²) >= 11 is 3.11. The first-order valence-electron chi connectivity index (χ1n) is 2.81. The molecule has 0 aliphatic heterocycles. The first-order chi connectivity index (χ1) is 4.13. The Bertz CT molecular complexity index is 96.4. The lowest BCUT2D eigenvalue weighted by Gasteiger charge is -2.10. The molecule has 0 radical (unpaired) electrons. The van der Waals surface area contributed by atoms with Gasteiger partial charge in [0.25, 0.3) is 0 Å². The molecule has 4 heteroatoms. The third-order valence-corrected chi connectivity index (χ3v) is 2.50. The Morgan fingerprint density at radius 3 is 1.78 bits per heavy atom. The van der Waals surface area contributed by atoms with Gasteiger partial charge in [-0.25, -0.2) is 0 Å². The fourth-order valence-electron chi connectivity index (χ4n) is 0.951. The summed E-state index contributed by atoms with van der Waals surface area (Å²) in [6, 6.07) is 0. The Morgan fingerprint density at radius 1 is 1.11 bits per heavy atom. The number of alkyl halides is 1. The van der Waals surface area contributed by atoms with Crippen LogP contribution in [0.25, 0.3) is 0 Å². The van der Waals surface area contributed by atoms with Gasteiger partial charge in [0.2, 0.25) is 0 Å². The number of hydrogen-bond donors (Lipinski definition) is 3. The molecule has 0 spiro atoms. The van der Waals surface area contributed by atoms with Crippen LogP contribution in [-0.4, -0.2) is 38.5 Å². The van der Waals surface area contributed by atoms with Crippen molar-refractivity contribution in [1.82, 2.24) is 0 Å². The molecule has 3 N–H and O–H groups in total. The maximum absolute atomic E-state index is 8.98. The smallest absolute Gasteiger partial charge is 0.107 e. The van der Waals surface area contributed by atoms with Crippen LogP contribution in [0.5, 0.6) is 0 Å². The van der Waals surface area contributed by atoms with Crippen molar-refractivity contribution in [3.8, 4) is 0 Å². The van der Waals surface area contributed by atoms with Crippen LogP contribution in [0.4, 0.5) is 0 Å². The summed E-state index contributed by atoms with van der Waals surface area (Å²) in [6.45, 7) is 0. The summed E-state index contributed by atoms with van der Waals surface area (Å²) < 4.78 is 0. The van der Waals surface area contributed by atoms with E-state index in [-0.39, 0.29) is 4.83 Å². The van der Waals surface area contributed by atoms with Gasteiger partial charge in [-0.1, -0.05) is 15.9 Å². The minimum absolute atomic E-state index is 0.164. The maximum atomic E-state index is 8.98. The Hall–Kier alpha value is 0.360. The van der Waals surface area contributed by atoms with Crippen LogP contribution in [0.2, 0.25) is 0 Å². The minimum Gasteiger partial charge on any atom is -0.390 e. The topological polar surface area (TPSA) is 60.7 Å². The van der Waals surface area contributed by atoms with E-state index >= 15 is 0 Å². The van der Waals surface area contributed by atoms with E-state index in [1.807, 2.05) is 0 Å². The van der Waals surface area contributed by atoms with Crippen molar-refractivity contribution in [2.24, 2.45) is 0 Å². The molecule has 0 heterocycles. The van der Waals surface area contributed by atoms with Gasteiger partial charge < -0.3 is 15.3 Å². The molecule has 54 valence electrons. The third kappa shape index (κ3) is 1.26. The van der Waals surface area contributed by atoms with Crippen LogP contribution in [0.3, 0.4) is 0 Å². The predicted octanol–water partition coefficient (Wildman–Crippen LogP) is -0.764. The highest BCUT2D eigenvalue weighted by Gasteiger charge is 2.38. The van der Waals surface area contributed by atoms with Crippen LogP contribution < -0.4 is 0 Å². The fourth-order valence-corrected chi connectivity index (χ4v) is 1.65. The first kappa shape index (κ1) is 7.47. The Kier molecular flexibility index (Phi) is 2.10. The van der Waals surface area contributed by atoms with Crippen LogP contribution in [0, 0.1) is 0 Å². The minimum atomic E-state index is -0.977. The molecule has 1 saturated carbocycles. The van der Waals surface area contributed by atoms with Gasteiger partial charge in [0.05, 0.1) is 12.2 Å². The molecular formula is C5H9BrO3. The van der Waals surface area contributed by atoms with Gasteiger partial charge in [-0.3, -0.25) is 0 Å². The normalized spacial score (nSPS) is 52.0. The van der Waals surface area contributed by atoms with Crippen LogP contribution in [0.15, 0.2) is 0 Å². The van der Waals surface area contributed by atoms with Gasteiger partial charge in [-0.15, -0.1) is 0 Å². The summed E-state index contributed by atoms with van der Waals surface area (Å²) in [5.74, 6) is 0. The quantitative estimate of drug-likeness (QED) is 0.447. The summed E-state index contributed by atoms with van der Waals surface area (Å²) in [5, 5.41) is 26.8. The molecule has 3 nitrogen and oxygen atoms in total. The lowest BCUT2D eigenvalue weighted by atomic mass is 10.2. The van der Waals surface area contributed by atoms with E-state index in [0.29, 0.717) is 6.42 Å². The number of aliphatic hydroxyl groups is 3. The van der Waals surface area contributed by atoms with Crippen molar-refractivity contribution in [1.29, 1.82) is 0 Å². The molecule has 0 unspecified atom stereocenters. The molecule has 4 atom stereocenters. The zero-order chi connectivity index (χ0) is 7.02. The van der Waals surface area contributed by atoms with E-state index in [0.717, 1.165) is 0 Å². The molecule has 0 aromatic rings. The van der Waals surface area contributed by atoms with Gasteiger partial charge in [0.15, 0.2) is 0 Å². The molecule has 1 aliphatic rings. The van der Waals surface area contributed by atoms with E-state index in [1.54, 1.807) is 0 Å². The largest absolute Gasteiger partial charge is 0.390 e. The van der Waals surface area contributed by atoms with Gasteiger partial charge in [0, 0.05) is 4.83 Å². The second-order valence-electron chi connectivity index (χ2n) is 2.30. The van der Waals surface area contributed by atoms with E-state index in [2.05, 4.69) is 15.9 Å². The number of rotatable bonds is 0. The Morgan fingerprint density at radius 2 is 1.67 bits per heavy atom. The molecule has 1 aliphatic carbocycles. The second kappa shape index (κ2) is 2.54. The third-order valence-electron chi connectivity index (χ3n) is 1.58. The molecular weight excluding hydrogens is 188 g/mol. The van der Waals surface area contributed by atoms with Crippen molar-refractivity contribution in [3.63, 3.8) is 0 Å². The highest BCUT2D eigenvalue weighted by Crippen LogP contribution is 2.26. The van der Waals surface area contributed by atoms with Crippen molar-refractivity contribution in [3.05, 3.63) is 0 Å². The van der Waals surface area contributed by atoms with Crippen molar-refractivity contribution < 1.29 is 15.3 Å². The van der Waals surface area contributed by atoms with Gasteiger partial charge in [-0.05, 0) is 6.42 Å². The lowest BCUT2D eigenvalue weighted by molar-refractivity contribution is -0.0173. The Balaban J connectivity index is 2.54. The highest BCUT2D eigenvalue weighted by atomic mass is 79.9. The zero-order valence-electron chi connectivity index (χ0n) is 4.74. The molecule has 0 aromatic carbocycles. The average Bonchev–Trinajstić information content (AvgIpc) is 1.98. The second-order valence-corrected chi connectivity index (χ2v) is 3.48. The average molecular weight is 197 g/mol. The standard InChI is InChI=1S/C5H9BrO3/c6-2-1-3(7)5(9)4(2)8/h2-5,7-9H,1H2/t2-,3-,4+,5-/m0/s1. The van der Waals surface area contributed by atoms with E-state index in [4.69, 9.17) is 15.3 Å². The zero-order valence-corrected chi connectivity index (χ0v) is 6.32. The number of aliphatic hydroxyl groups excluding tert-OH is 3. The van der Waals surface area contributed by atoms with Crippen LogP contribution in [0.1, 0.15) is 6.42 Å². The SMILES string of the molecule is O[C@@H]1[C@H](O)[C@@H](Br)C[C@@H]1O. The molecule has 1 fully saturated rings. The molecule has 9 heavy (non-hydrogen) atoms. The summed E-state index contributed by atoms with van der Waals surface area (Å²) in [7, 11) is 0. The van der Waals surface area contributed by atoms with E-state index < -0.39 is 18.3 Å². The van der Waals surface area contributed by atoms with E-state index in [9.17, 15) is 0 Å². The fraction of sp³-hybridized carbons (Fsp3) is 1.00. The van der Waals surface area contributed by atoms with Crippen molar-refractivity contribution in [2.75, 3.05) is 0 Å². The Labute approximate surface area is 61.4 Å². The monoisotopic (exact) mass is 196 g/mol. The van der Waals surface area contributed by atoms with Crippen molar-refractivity contribution in [2.45, 2.75) is 29.6 Å². The number of halogens is 1. The highest BCUT2D eigenvalue weighted by molar-refractivity contribution is 9.09. The lowest BCUT2D eigenvalue weighted by Crippen LogP contribution is -2.30. The van der Waals surface area contributed by atoms with Gasteiger partial charge >= 0.3 is 0 Å². The van der Waals surface area contributed by atoms with Gasteiger partial charge in [0.1, 0.15) is 6.10 Å². The molecule has 0 bridgehead atoms.